The van der Waals surface area contributed by atoms with Crippen molar-refractivity contribution in [2.75, 3.05) is 33.2 Å². The molecule has 1 aliphatic heterocycles. The molecule has 3 nitrogen and oxygen atoms in total. The van der Waals surface area contributed by atoms with E-state index in [1.165, 1.54) is 45.3 Å². The molecule has 0 bridgehead atoms. The summed E-state index contributed by atoms with van der Waals surface area (Å²) in [4.78, 5) is 2.57. The lowest BCUT2D eigenvalue weighted by Gasteiger charge is -2.26. The Labute approximate surface area is 75.5 Å². The molecule has 72 valence electrons. The Kier molecular flexibility index (Phi) is 5.32. The number of rotatable bonds is 5. The molecule has 1 heterocycles. The van der Waals surface area contributed by atoms with Gasteiger partial charge in [0.05, 0.1) is 0 Å². The second-order valence-corrected chi connectivity index (χ2v) is 3.43. The average Bonchev–Trinajstić information content (AvgIpc) is 2.14. The lowest BCUT2D eigenvalue weighted by Crippen LogP contribution is -2.34. The lowest BCUT2D eigenvalue weighted by molar-refractivity contribution is 0.225. The Hall–Kier alpha value is -0.120. The topological polar surface area (TPSA) is 27.3 Å². The van der Waals surface area contributed by atoms with E-state index in [9.17, 15) is 0 Å². The summed E-state index contributed by atoms with van der Waals surface area (Å²) in [6.07, 6.45) is 5.49. The van der Waals surface area contributed by atoms with Crippen LogP contribution in [0.15, 0.2) is 0 Å². The van der Waals surface area contributed by atoms with Crippen LogP contribution in [0.5, 0.6) is 0 Å². The van der Waals surface area contributed by atoms with Crippen molar-refractivity contribution >= 4 is 0 Å². The molecule has 0 unspecified atom stereocenters. The molecule has 3 heteroatoms. The average molecular weight is 171 g/mol. The van der Waals surface area contributed by atoms with E-state index in [1.54, 1.807) is 0 Å². The first-order valence-electron chi connectivity index (χ1n) is 5.05. The molecular formula is C9H21N3. The third kappa shape index (κ3) is 4.04. The number of hydrazine groups is 1. The van der Waals surface area contributed by atoms with Crippen LogP contribution in [0.4, 0.5) is 0 Å². The quantitative estimate of drug-likeness (QED) is 0.468. The summed E-state index contributed by atoms with van der Waals surface area (Å²) in [5, 5.41) is 0. The van der Waals surface area contributed by atoms with Crippen molar-refractivity contribution in [1.82, 2.24) is 15.8 Å². The highest BCUT2D eigenvalue weighted by atomic mass is 15.3. The molecule has 0 aliphatic carbocycles. The molecule has 1 rings (SSSR count). The van der Waals surface area contributed by atoms with Crippen molar-refractivity contribution in [1.29, 1.82) is 0 Å². The molecule has 0 spiro atoms. The van der Waals surface area contributed by atoms with Gasteiger partial charge in [0.15, 0.2) is 0 Å². The fraction of sp³-hybridized carbons (Fsp3) is 1.00. The van der Waals surface area contributed by atoms with Gasteiger partial charge in [0.1, 0.15) is 0 Å². The van der Waals surface area contributed by atoms with Gasteiger partial charge in [0, 0.05) is 6.54 Å². The first kappa shape index (κ1) is 9.96. The Morgan fingerprint density at radius 2 is 1.92 bits per heavy atom. The van der Waals surface area contributed by atoms with Gasteiger partial charge in [-0.1, -0.05) is 6.42 Å². The fourth-order valence-electron chi connectivity index (χ4n) is 1.70. The number of hydrogen-bond acceptors (Lipinski definition) is 3. The van der Waals surface area contributed by atoms with E-state index in [4.69, 9.17) is 0 Å². The van der Waals surface area contributed by atoms with E-state index in [0.29, 0.717) is 0 Å². The number of nitrogens with zero attached hydrogens (tertiary/aromatic N) is 1. The molecule has 1 aliphatic rings. The van der Waals surface area contributed by atoms with Crippen molar-refractivity contribution in [2.45, 2.75) is 25.7 Å². The molecule has 0 aromatic rings. The monoisotopic (exact) mass is 171 g/mol. The van der Waals surface area contributed by atoms with Crippen LogP contribution >= 0.6 is 0 Å². The Morgan fingerprint density at radius 3 is 2.58 bits per heavy atom. The summed E-state index contributed by atoms with van der Waals surface area (Å²) >= 11 is 0. The highest BCUT2D eigenvalue weighted by Crippen LogP contribution is 2.08. The van der Waals surface area contributed by atoms with Gasteiger partial charge in [-0.15, -0.1) is 0 Å². The van der Waals surface area contributed by atoms with Gasteiger partial charge in [-0.05, 0) is 45.9 Å². The smallest absolute Gasteiger partial charge is 0.0112 e. The Bertz CT molecular complexity index is 99.9. The predicted molar refractivity (Wildman–Crippen MR) is 52.0 cm³/mol. The van der Waals surface area contributed by atoms with Crippen molar-refractivity contribution in [3.8, 4) is 0 Å². The van der Waals surface area contributed by atoms with Crippen LogP contribution in [0.3, 0.4) is 0 Å². The molecule has 1 saturated heterocycles. The normalized spacial score (nSPS) is 19.8. The summed E-state index contributed by atoms with van der Waals surface area (Å²) < 4.78 is 0. The molecule has 12 heavy (non-hydrogen) atoms. The van der Waals surface area contributed by atoms with Gasteiger partial charge < -0.3 is 4.90 Å². The van der Waals surface area contributed by atoms with E-state index >= 15 is 0 Å². The standard InChI is InChI=1S/C9H21N3/c1-10-11-6-5-9-12-7-3-2-4-8-12/h10-11H,2-9H2,1H3. The third-order valence-electron chi connectivity index (χ3n) is 2.40. The maximum atomic E-state index is 3.11. The highest BCUT2D eigenvalue weighted by molar-refractivity contribution is 4.64. The maximum absolute atomic E-state index is 3.11. The van der Waals surface area contributed by atoms with Crippen LogP contribution in [-0.4, -0.2) is 38.1 Å². The molecular weight excluding hydrogens is 150 g/mol. The maximum Gasteiger partial charge on any atom is 0.0112 e. The van der Waals surface area contributed by atoms with Gasteiger partial charge in [-0.2, -0.15) is 0 Å². The number of likely N-dealkylation sites (tertiary alicyclic amines) is 1. The number of hydrogen-bond donors (Lipinski definition) is 2. The SMILES string of the molecule is CNNCCCN1CCCCC1. The van der Waals surface area contributed by atoms with Crippen LogP contribution < -0.4 is 10.9 Å². The van der Waals surface area contributed by atoms with Crippen molar-refractivity contribution in [2.24, 2.45) is 0 Å². The number of nitrogens with one attached hydrogen (secondary N) is 2. The van der Waals surface area contributed by atoms with E-state index < -0.39 is 0 Å². The molecule has 0 aromatic carbocycles. The molecule has 2 N–H and O–H groups in total. The van der Waals surface area contributed by atoms with Gasteiger partial charge in [-0.25, -0.2) is 0 Å². The minimum atomic E-state index is 1.08. The van der Waals surface area contributed by atoms with Gasteiger partial charge in [0.2, 0.25) is 0 Å². The van der Waals surface area contributed by atoms with E-state index in [0.717, 1.165) is 6.54 Å². The lowest BCUT2D eigenvalue weighted by atomic mass is 10.1. The molecule has 1 fully saturated rings. The van der Waals surface area contributed by atoms with Crippen molar-refractivity contribution in [3.63, 3.8) is 0 Å². The van der Waals surface area contributed by atoms with Gasteiger partial charge >= 0.3 is 0 Å². The summed E-state index contributed by atoms with van der Waals surface area (Å²) in [7, 11) is 1.92. The minimum absolute atomic E-state index is 1.08. The minimum Gasteiger partial charge on any atom is -0.303 e. The summed E-state index contributed by atoms with van der Waals surface area (Å²) in [6, 6.07) is 0. The Morgan fingerprint density at radius 1 is 1.17 bits per heavy atom. The van der Waals surface area contributed by atoms with Crippen LogP contribution in [0, 0.1) is 0 Å². The summed E-state index contributed by atoms with van der Waals surface area (Å²) in [6.45, 7) is 4.97. The predicted octanol–water partition coefficient (Wildman–Crippen LogP) is 0.586. The van der Waals surface area contributed by atoms with Crippen LogP contribution in [0.1, 0.15) is 25.7 Å². The fourth-order valence-corrected chi connectivity index (χ4v) is 1.70. The zero-order valence-corrected chi connectivity index (χ0v) is 8.10. The molecule has 0 amide bonds. The van der Waals surface area contributed by atoms with Crippen molar-refractivity contribution in [3.05, 3.63) is 0 Å². The zero-order chi connectivity index (χ0) is 8.65. The largest absolute Gasteiger partial charge is 0.303 e. The van der Waals surface area contributed by atoms with Crippen LogP contribution in [0.2, 0.25) is 0 Å². The van der Waals surface area contributed by atoms with E-state index in [-0.39, 0.29) is 0 Å². The second kappa shape index (κ2) is 6.40. The van der Waals surface area contributed by atoms with E-state index in [1.807, 2.05) is 7.05 Å². The second-order valence-electron chi connectivity index (χ2n) is 3.43. The van der Waals surface area contributed by atoms with Crippen LogP contribution in [-0.2, 0) is 0 Å². The molecule has 0 aromatic heterocycles. The highest BCUT2D eigenvalue weighted by Gasteiger charge is 2.08. The van der Waals surface area contributed by atoms with Gasteiger partial charge in [0.25, 0.3) is 0 Å². The molecule has 0 radical (unpaired) electrons. The first-order chi connectivity index (χ1) is 5.93. The summed E-state index contributed by atoms with van der Waals surface area (Å²) in [5.74, 6) is 0. The Balaban J connectivity index is 1.91. The van der Waals surface area contributed by atoms with Gasteiger partial charge in [-0.3, -0.25) is 10.9 Å². The number of piperidine rings is 1. The summed E-state index contributed by atoms with van der Waals surface area (Å²) in [5.41, 5.74) is 6.05. The molecule has 0 atom stereocenters. The van der Waals surface area contributed by atoms with Crippen molar-refractivity contribution < 1.29 is 0 Å². The molecule has 0 saturated carbocycles. The zero-order valence-electron chi connectivity index (χ0n) is 8.10. The van der Waals surface area contributed by atoms with E-state index in [2.05, 4.69) is 15.8 Å². The first-order valence-corrected chi connectivity index (χ1v) is 5.05. The van der Waals surface area contributed by atoms with Crippen LogP contribution in [0.25, 0.3) is 0 Å². The third-order valence-corrected chi connectivity index (χ3v) is 2.40.